The van der Waals surface area contributed by atoms with Crippen LogP contribution in [-0.4, -0.2) is 31.5 Å². The fourth-order valence-electron chi connectivity index (χ4n) is 12.4. The highest BCUT2D eigenvalue weighted by molar-refractivity contribution is 6.44. The number of aromatic hydroxyl groups is 1. The smallest absolute Gasteiger partial charge is 0.150 e. The fourth-order valence-corrected chi connectivity index (χ4v) is 12.4. The van der Waals surface area contributed by atoms with Crippen molar-refractivity contribution in [3.63, 3.8) is 0 Å². The van der Waals surface area contributed by atoms with Gasteiger partial charge in [-0.1, -0.05) is 165 Å². The first-order valence-corrected chi connectivity index (χ1v) is 28.6. The van der Waals surface area contributed by atoms with Gasteiger partial charge in [-0.05, 0) is 99.3 Å². The van der Waals surface area contributed by atoms with Gasteiger partial charge in [-0.25, -0.2) is 0 Å². The maximum Gasteiger partial charge on any atom is 0.150 e. The van der Waals surface area contributed by atoms with Crippen molar-refractivity contribution in [3.8, 4) is 5.75 Å². The average molecular weight is 1100 g/mol. The van der Waals surface area contributed by atoms with Gasteiger partial charge >= 0.3 is 0 Å². The molecule has 0 fully saturated rings. The van der Waals surface area contributed by atoms with Crippen LogP contribution < -0.4 is 10.6 Å². The molecule has 0 amide bonds. The molecule has 11 aromatic carbocycles. The molecule has 0 saturated heterocycles. The molecule has 2 heterocycles. The first kappa shape index (κ1) is 54.2. The zero-order chi connectivity index (χ0) is 57.8. The summed E-state index contributed by atoms with van der Waals surface area (Å²) in [5.74, 6) is 1.55. The Balaban J connectivity index is 0.000000428. The third-order valence-corrected chi connectivity index (χ3v) is 16.2. The van der Waals surface area contributed by atoms with Crippen molar-refractivity contribution < 1.29 is 37.1 Å². The monoisotopic (exact) mass is 1100 g/mol. The molecule has 13 rings (SSSR count). The summed E-state index contributed by atoms with van der Waals surface area (Å²) in [6.07, 6.45) is 1.57. The summed E-state index contributed by atoms with van der Waals surface area (Å²) in [6, 6.07) is 50.7. The van der Waals surface area contributed by atoms with Gasteiger partial charge in [0.2, 0.25) is 0 Å². The molecular formula is C73H66N2O8. The molecule has 10 nitrogen and oxygen atoms in total. The predicted molar refractivity (Wildman–Crippen MR) is 342 cm³/mol. The minimum Gasteiger partial charge on any atom is -0.507 e. The maximum absolute atomic E-state index is 13.8. The molecule has 83 heavy (non-hydrogen) atoms. The number of para-hydroxylation sites is 6. The minimum atomic E-state index is -0.169. The molecule has 13 aromatic rings. The number of benzene rings is 11. The second-order valence-corrected chi connectivity index (χ2v) is 22.6. The Bertz CT molecular complexity index is 4740. The normalized spacial score (nSPS) is 11.9. The number of anilines is 2. The quantitative estimate of drug-likeness (QED) is 0.0356. The van der Waals surface area contributed by atoms with Gasteiger partial charge in [0.25, 0.3) is 0 Å². The van der Waals surface area contributed by atoms with Crippen molar-refractivity contribution >= 4 is 133 Å². The number of phenols is 1. The van der Waals surface area contributed by atoms with Crippen LogP contribution in [0.25, 0.3) is 109 Å². The van der Waals surface area contributed by atoms with Crippen molar-refractivity contribution in [1.82, 2.24) is 0 Å². The number of fused-ring (bicyclic) bond motifs is 6. The third kappa shape index (κ3) is 9.46. The molecule has 0 aliphatic heterocycles. The van der Waals surface area contributed by atoms with E-state index in [-0.39, 0.29) is 36.5 Å². The van der Waals surface area contributed by atoms with Gasteiger partial charge in [0.1, 0.15) is 57.1 Å². The average Bonchev–Trinajstić information content (AvgIpc) is 1.32. The zero-order valence-electron chi connectivity index (χ0n) is 48.2. The molecule has 2 aromatic heterocycles. The molecule has 0 aliphatic rings. The van der Waals surface area contributed by atoms with Crippen molar-refractivity contribution in [2.75, 3.05) is 24.4 Å². The van der Waals surface area contributed by atoms with E-state index in [0.717, 1.165) is 39.8 Å². The van der Waals surface area contributed by atoms with Crippen molar-refractivity contribution in [1.29, 1.82) is 0 Å². The van der Waals surface area contributed by atoms with Crippen molar-refractivity contribution in [2.24, 2.45) is 0 Å². The van der Waals surface area contributed by atoms with Crippen LogP contribution in [0.1, 0.15) is 128 Å². The summed E-state index contributed by atoms with van der Waals surface area (Å²) in [4.78, 5) is 27.1. The number of hydrogen-bond acceptors (Lipinski definition) is 10. The number of hydrogen-bond donors (Lipinski definition) is 3. The van der Waals surface area contributed by atoms with Gasteiger partial charge < -0.3 is 38.1 Å². The van der Waals surface area contributed by atoms with Crippen molar-refractivity contribution in [3.05, 3.63) is 197 Å². The summed E-state index contributed by atoms with van der Waals surface area (Å²) in [7, 11) is 2.01. The summed E-state index contributed by atoms with van der Waals surface area (Å²) in [6.45, 7) is 17.9. The summed E-state index contributed by atoms with van der Waals surface area (Å²) < 4.78 is 35.1. The number of carbonyl (C=O) groups excluding carboxylic acids is 2. The Morgan fingerprint density at radius 3 is 1.14 bits per heavy atom. The maximum atomic E-state index is 13.8. The van der Waals surface area contributed by atoms with E-state index in [4.69, 9.17) is 22.4 Å². The highest BCUT2D eigenvalue weighted by Gasteiger charge is 2.28. The molecule has 0 spiro atoms. The Morgan fingerprint density at radius 1 is 0.410 bits per heavy atom. The number of ether oxygens (including phenoxy) is 1. The minimum absolute atomic E-state index is 0.0802. The Labute approximate surface area is 480 Å². The summed E-state index contributed by atoms with van der Waals surface area (Å²) in [5, 5.41) is 26.5. The van der Waals surface area contributed by atoms with Crippen LogP contribution in [0.5, 0.6) is 5.75 Å². The van der Waals surface area contributed by atoms with Crippen LogP contribution in [0.3, 0.4) is 0 Å². The zero-order valence-corrected chi connectivity index (χ0v) is 48.2. The number of aldehydes is 2. The lowest BCUT2D eigenvalue weighted by atomic mass is 9.84. The number of phenolic OH excluding ortho intramolecular Hbond substituents is 1. The van der Waals surface area contributed by atoms with E-state index in [1.807, 2.05) is 110 Å². The van der Waals surface area contributed by atoms with E-state index in [1.54, 1.807) is 18.2 Å². The van der Waals surface area contributed by atoms with E-state index in [0.29, 0.717) is 111 Å². The standard InChI is InChI=1S/C60H45NO8.C13H21N/c1-32(2)37-18-13-19-38(33(3)4)60(37)61-31-65-30-36-26-50-55-57-51(69-47-23-12-8-17-42(47)41-16-7-11-22-46(41)68-50)27-43(64)53-35(29-63)25-49-56(59(53)57)54-48(24-34(28-62)52(36)58(54)55)66-44-20-9-5-14-39(44)40-15-6-10-21-45(40)67-49;1-9(2)11-7-6-8-12(10(3)4)13(11)14-5/h5-29,32-33,61,64H,30-31H2,1-4H3;6-10,14H,1-5H3. The van der Waals surface area contributed by atoms with E-state index >= 15 is 0 Å². The highest BCUT2D eigenvalue weighted by atomic mass is 16.5. The first-order chi connectivity index (χ1) is 40.3. The number of nitrogens with one attached hydrogen (secondary N) is 2. The lowest BCUT2D eigenvalue weighted by Gasteiger charge is -2.22. The Morgan fingerprint density at radius 2 is 0.759 bits per heavy atom. The molecule has 3 N–H and O–H groups in total. The van der Waals surface area contributed by atoms with E-state index in [9.17, 15) is 14.7 Å². The molecule has 0 unspecified atom stereocenters. The van der Waals surface area contributed by atoms with Crippen LogP contribution in [-0.2, 0) is 11.3 Å². The highest BCUT2D eigenvalue weighted by Crippen LogP contribution is 2.52. The largest absolute Gasteiger partial charge is 0.507 e. The summed E-state index contributed by atoms with van der Waals surface area (Å²) in [5.41, 5.74) is 12.4. The van der Waals surface area contributed by atoms with Crippen LogP contribution in [0.4, 0.5) is 11.4 Å². The van der Waals surface area contributed by atoms with Crippen LogP contribution >= 0.6 is 0 Å². The molecule has 0 atom stereocenters. The number of carbonyl (C=O) groups is 2. The van der Waals surface area contributed by atoms with E-state index in [2.05, 4.69) is 102 Å². The SMILES string of the molecule is CC(C)c1cccc(C(C)C)c1NCOCc1cc2oc3ccccc3c3ccccc3oc3cc(O)c4c(C=O)cc5oc6ccccc6c6ccccc6oc6cc(C=O)c1c1c6c5c4c3c21.CNc1c(C(C)C)cccc1C(C)C. The lowest BCUT2D eigenvalue weighted by Crippen LogP contribution is -2.12. The molecule has 0 saturated carbocycles. The third-order valence-electron chi connectivity index (χ3n) is 16.2. The van der Waals surface area contributed by atoms with Crippen LogP contribution in [0, 0.1) is 0 Å². The van der Waals surface area contributed by atoms with Crippen LogP contribution in [0.2, 0.25) is 0 Å². The lowest BCUT2D eigenvalue weighted by molar-refractivity contribution is 0.111. The van der Waals surface area contributed by atoms with Gasteiger partial charge in [-0.3, -0.25) is 9.59 Å². The number of rotatable bonds is 12. The molecule has 416 valence electrons. The second-order valence-electron chi connectivity index (χ2n) is 22.6. The summed E-state index contributed by atoms with van der Waals surface area (Å²) >= 11 is 0. The molecule has 10 heteroatoms. The molecule has 0 radical (unpaired) electrons. The van der Waals surface area contributed by atoms with Gasteiger partial charge in [0.05, 0.1) is 6.61 Å². The molecule has 0 bridgehead atoms. The Hall–Kier alpha value is -9.38. The topological polar surface area (TPSA) is 140 Å². The van der Waals surface area contributed by atoms with Crippen molar-refractivity contribution in [2.45, 2.75) is 85.7 Å². The second kappa shape index (κ2) is 22.2. The van der Waals surface area contributed by atoms with E-state index in [1.165, 1.54) is 27.9 Å². The predicted octanol–water partition coefficient (Wildman–Crippen LogP) is 20.4. The first-order valence-electron chi connectivity index (χ1n) is 28.6. The fraction of sp³-hybridized carbons (Fsp3) is 0.205. The Kier molecular flexibility index (Phi) is 14.5. The molecule has 0 aliphatic carbocycles. The van der Waals surface area contributed by atoms with Gasteiger partial charge in [0.15, 0.2) is 12.6 Å². The van der Waals surface area contributed by atoms with Crippen LogP contribution in [0.15, 0.2) is 175 Å². The van der Waals surface area contributed by atoms with Gasteiger partial charge in [0, 0.05) is 94.9 Å². The van der Waals surface area contributed by atoms with E-state index < -0.39 is 0 Å². The van der Waals surface area contributed by atoms with Gasteiger partial charge in [-0.15, -0.1) is 0 Å². The molecular weight excluding hydrogens is 1030 g/mol. The van der Waals surface area contributed by atoms with Gasteiger partial charge in [-0.2, -0.15) is 0 Å².